The van der Waals surface area contributed by atoms with Gasteiger partial charge in [-0.15, -0.1) is 0 Å². The van der Waals surface area contributed by atoms with Crippen molar-refractivity contribution in [2.75, 3.05) is 6.61 Å². The molecule has 3 rings (SSSR count). The zero-order chi connectivity index (χ0) is 14.1. The van der Waals surface area contributed by atoms with Crippen LogP contribution in [0.5, 0.6) is 5.75 Å². The standard InChI is InChI=1S/C14H12BrNO4/c15-10-5-9(13-6-11(14(17)18)16-20-13)3-4-12(10)19-7-8-1-2-8/h3-6,8H,1-2,7H2,(H,17,18). The number of rotatable bonds is 5. The molecule has 1 aromatic carbocycles. The first kappa shape index (κ1) is 13.2. The summed E-state index contributed by atoms with van der Waals surface area (Å²) in [5.41, 5.74) is 0.640. The molecule has 0 atom stereocenters. The van der Waals surface area contributed by atoms with Crippen molar-refractivity contribution >= 4 is 21.9 Å². The van der Waals surface area contributed by atoms with Crippen molar-refractivity contribution in [3.05, 3.63) is 34.4 Å². The molecular formula is C14H12BrNO4. The van der Waals surface area contributed by atoms with Gasteiger partial charge < -0.3 is 14.4 Å². The van der Waals surface area contributed by atoms with Gasteiger partial charge >= 0.3 is 5.97 Å². The fourth-order valence-corrected chi connectivity index (χ4v) is 2.27. The minimum absolute atomic E-state index is 0.106. The monoisotopic (exact) mass is 337 g/mol. The zero-order valence-corrected chi connectivity index (χ0v) is 12.1. The maximum Gasteiger partial charge on any atom is 0.358 e. The summed E-state index contributed by atoms with van der Waals surface area (Å²) in [7, 11) is 0. The van der Waals surface area contributed by atoms with Gasteiger partial charge in [0, 0.05) is 11.6 Å². The summed E-state index contributed by atoms with van der Waals surface area (Å²) in [5, 5.41) is 12.3. The number of hydrogen-bond donors (Lipinski definition) is 1. The van der Waals surface area contributed by atoms with Gasteiger partial charge in [-0.3, -0.25) is 0 Å². The highest BCUT2D eigenvalue weighted by Gasteiger charge is 2.22. The SMILES string of the molecule is O=C(O)c1cc(-c2ccc(OCC3CC3)c(Br)c2)on1. The Morgan fingerprint density at radius 1 is 1.45 bits per heavy atom. The van der Waals surface area contributed by atoms with Gasteiger partial charge in [0.2, 0.25) is 0 Å². The molecule has 6 heteroatoms. The van der Waals surface area contributed by atoms with Crippen LogP contribution in [0.4, 0.5) is 0 Å². The Morgan fingerprint density at radius 3 is 2.85 bits per heavy atom. The molecule has 0 unspecified atom stereocenters. The molecule has 20 heavy (non-hydrogen) atoms. The maximum absolute atomic E-state index is 10.8. The van der Waals surface area contributed by atoms with Crippen molar-refractivity contribution in [1.82, 2.24) is 5.16 Å². The van der Waals surface area contributed by atoms with Crippen LogP contribution < -0.4 is 4.74 Å². The minimum atomic E-state index is -1.11. The second-order valence-corrected chi connectivity index (χ2v) is 5.64. The number of benzene rings is 1. The molecule has 0 amide bonds. The summed E-state index contributed by atoms with van der Waals surface area (Å²) in [5.74, 6) is 0.771. The lowest BCUT2D eigenvalue weighted by atomic mass is 10.1. The molecule has 1 N–H and O–H groups in total. The van der Waals surface area contributed by atoms with Gasteiger partial charge in [-0.05, 0) is 52.9 Å². The van der Waals surface area contributed by atoms with E-state index < -0.39 is 5.97 Å². The number of carboxylic acid groups (broad SMARTS) is 1. The van der Waals surface area contributed by atoms with Crippen LogP contribution in [-0.2, 0) is 0 Å². The fraction of sp³-hybridized carbons (Fsp3) is 0.286. The first-order valence-corrected chi connectivity index (χ1v) is 7.05. The number of halogens is 1. The van der Waals surface area contributed by atoms with Crippen molar-refractivity contribution in [2.24, 2.45) is 5.92 Å². The molecule has 1 heterocycles. The van der Waals surface area contributed by atoms with Crippen molar-refractivity contribution in [2.45, 2.75) is 12.8 Å². The van der Waals surface area contributed by atoms with Crippen LogP contribution in [0.2, 0.25) is 0 Å². The number of aromatic carboxylic acids is 1. The lowest BCUT2D eigenvalue weighted by molar-refractivity contribution is 0.0686. The fourth-order valence-electron chi connectivity index (χ4n) is 1.78. The van der Waals surface area contributed by atoms with Crippen molar-refractivity contribution in [3.8, 4) is 17.1 Å². The molecule has 2 aromatic rings. The van der Waals surface area contributed by atoms with Crippen LogP contribution >= 0.6 is 15.9 Å². The number of carbonyl (C=O) groups is 1. The Balaban J connectivity index is 1.79. The summed E-state index contributed by atoms with van der Waals surface area (Å²) in [6, 6.07) is 6.88. The third kappa shape index (κ3) is 2.85. The van der Waals surface area contributed by atoms with Gasteiger partial charge in [0.1, 0.15) is 5.75 Å². The smallest absolute Gasteiger partial charge is 0.358 e. The predicted molar refractivity (Wildman–Crippen MR) is 74.8 cm³/mol. The van der Waals surface area contributed by atoms with Crippen LogP contribution in [0.15, 0.2) is 33.3 Å². The van der Waals surface area contributed by atoms with E-state index in [-0.39, 0.29) is 5.69 Å². The molecule has 0 radical (unpaired) electrons. The Labute approximate surface area is 123 Å². The quantitative estimate of drug-likeness (QED) is 0.902. The summed E-state index contributed by atoms with van der Waals surface area (Å²) in [6.07, 6.45) is 2.48. The van der Waals surface area contributed by atoms with E-state index in [4.69, 9.17) is 14.4 Å². The van der Waals surface area contributed by atoms with E-state index in [1.165, 1.54) is 18.9 Å². The van der Waals surface area contributed by atoms with E-state index in [0.29, 0.717) is 11.7 Å². The van der Waals surface area contributed by atoms with Crippen LogP contribution in [0, 0.1) is 5.92 Å². The van der Waals surface area contributed by atoms with E-state index in [1.807, 2.05) is 18.2 Å². The zero-order valence-electron chi connectivity index (χ0n) is 10.5. The van der Waals surface area contributed by atoms with Gasteiger partial charge in [-0.25, -0.2) is 4.79 Å². The topological polar surface area (TPSA) is 72.6 Å². The van der Waals surface area contributed by atoms with E-state index in [9.17, 15) is 4.79 Å². The van der Waals surface area contributed by atoms with Crippen molar-refractivity contribution in [1.29, 1.82) is 0 Å². The first-order chi connectivity index (χ1) is 9.63. The highest BCUT2D eigenvalue weighted by Crippen LogP contribution is 2.34. The number of hydrogen-bond acceptors (Lipinski definition) is 4. The number of aromatic nitrogens is 1. The Morgan fingerprint density at radius 2 is 2.25 bits per heavy atom. The van der Waals surface area contributed by atoms with E-state index in [1.54, 1.807) is 0 Å². The third-order valence-electron chi connectivity index (χ3n) is 3.12. The average Bonchev–Trinajstić information content (AvgIpc) is 3.11. The lowest BCUT2D eigenvalue weighted by Gasteiger charge is -2.08. The summed E-state index contributed by atoms with van der Waals surface area (Å²) < 4.78 is 11.5. The molecule has 0 spiro atoms. The van der Waals surface area contributed by atoms with Gasteiger partial charge in [-0.1, -0.05) is 5.16 Å². The molecule has 1 aliphatic carbocycles. The number of ether oxygens (including phenoxy) is 1. The minimum Gasteiger partial charge on any atom is -0.492 e. The summed E-state index contributed by atoms with van der Waals surface area (Å²) in [4.78, 5) is 10.8. The van der Waals surface area contributed by atoms with E-state index >= 15 is 0 Å². The Hall–Kier alpha value is -1.82. The Kier molecular flexibility index (Phi) is 3.48. The second-order valence-electron chi connectivity index (χ2n) is 4.78. The van der Waals surface area contributed by atoms with Crippen LogP contribution in [0.25, 0.3) is 11.3 Å². The number of carboxylic acids is 1. The average molecular weight is 338 g/mol. The Bertz CT molecular complexity index is 648. The highest BCUT2D eigenvalue weighted by molar-refractivity contribution is 9.10. The molecule has 1 aromatic heterocycles. The first-order valence-electron chi connectivity index (χ1n) is 6.26. The molecule has 104 valence electrons. The van der Waals surface area contributed by atoms with Gasteiger partial charge in [0.25, 0.3) is 0 Å². The van der Waals surface area contributed by atoms with Gasteiger partial charge in [-0.2, -0.15) is 0 Å². The second kappa shape index (κ2) is 5.28. The summed E-state index contributed by atoms with van der Waals surface area (Å²) in [6.45, 7) is 0.740. The molecule has 0 aliphatic heterocycles. The van der Waals surface area contributed by atoms with Crippen molar-refractivity contribution < 1.29 is 19.2 Å². The molecule has 0 saturated heterocycles. The van der Waals surface area contributed by atoms with E-state index in [2.05, 4.69) is 21.1 Å². The van der Waals surface area contributed by atoms with Gasteiger partial charge in [0.15, 0.2) is 11.5 Å². The normalized spacial score (nSPS) is 14.2. The highest BCUT2D eigenvalue weighted by atomic mass is 79.9. The summed E-state index contributed by atoms with van der Waals surface area (Å²) >= 11 is 3.45. The van der Waals surface area contributed by atoms with Gasteiger partial charge in [0.05, 0.1) is 11.1 Å². The maximum atomic E-state index is 10.8. The molecular weight excluding hydrogens is 326 g/mol. The van der Waals surface area contributed by atoms with Crippen LogP contribution in [-0.4, -0.2) is 22.8 Å². The van der Waals surface area contributed by atoms with Crippen molar-refractivity contribution in [3.63, 3.8) is 0 Å². The van der Waals surface area contributed by atoms with E-state index in [0.717, 1.165) is 22.4 Å². The molecule has 0 bridgehead atoms. The lowest BCUT2D eigenvalue weighted by Crippen LogP contribution is -1.99. The van der Waals surface area contributed by atoms with Crippen LogP contribution in [0.3, 0.4) is 0 Å². The largest absolute Gasteiger partial charge is 0.492 e. The number of nitrogens with zero attached hydrogens (tertiary/aromatic N) is 1. The third-order valence-corrected chi connectivity index (χ3v) is 3.74. The molecule has 5 nitrogen and oxygen atoms in total. The molecule has 1 aliphatic rings. The molecule has 1 fully saturated rings. The molecule has 1 saturated carbocycles. The predicted octanol–water partition coefficient (Wildman–Crippen LogP) is 3.59. The van der Waals surface area contributed by atoms with Crippen LogP contribution in [0.1, 0.15) is 23.3 Å².